The summed E-state index contributed by atoms with van der Waals surface area (Å²) in [4.78, 5) is 24.9. The van der Waals surface area contributed by atoms with E-state index in [2.05, 4.69) is 0 Å². The van der Waals surface area contributed by atoms with Crippen LogP contribution in [0.1, 0.15) is 26.9 Å². The minimum absolute atomic E-state index is 0.0151. The summed E-state index contributed by atoms with van der Waals surface area (Å²) in [5.41, 5.74) is 3.12. The third-order valence-corrected chi connectivity index (χ3v) is 4.85. The van der Waals surface area contributed by atoms with E-state index < -0.39 is 0 Å². The van der Waals surface area contributed by atoms with Gasteiger partial charge in [0.15, 0.2) is 0 Å². The van der Waals surface area contributed by atoms with Gasteiger partial charge in [-0.05, 0) is 48.4 Å². The average molecular weight is 315 g/mol. The van der Waals surface area contributed by atoms with Gasteiger partial charge in [0.1, 0.15) is 17.5 Å². The van der Waals surface area contributed by atoms with Crippen molar-refractivity contribution in [2.75, 3.05) is 10.7 Å². The van der Waals surface area contributed by atoms with E-state index in [-0.39, 0.29) is 17.1 Å². The summed E-state index contributed by atoms with van der Waals surface area (Å²) in [6, 6.07) is 11.5. The van der Waals surface area contributed by atoms with Crippen molar-refractivity contribution in [1.29, 1.82) is 0 Å². The fourth-order valence-electron chi connectivity index (χ4n) is 2.58. The molecule has 1 unspecified atom stereocenters. The number of carbonyl (C=O) groups excluding carboxylic acids is 2. The van der Waals surface area contributed by atoms with Crippen molar-refractivity contribution in [3.63, 3.8) is 0 Å². The van der Waals surface area contributed by atoms with Crippen LogP contribution in [0.25, 0.3) is 0 Å². The van der Waals surface area contributed by atoms with E-state index in [9.17, 15) is 14.0 Å². The molecule has 0 aromatic heterocycles. The third-order valence-electron chi connectivity index (χ3n) is 3.64. The summed E-state index contributed by atoms with van der Waals surface area (Å²) >= 11 is 1.52. The van der Waals surface area contributed by atoms with Gasteiger partial charge in [-0.3, -0.25) is 14.5 Å². The Morgan fingerprint density at radius 1 is 1.23 bits per heavy atom. The van der Waals surface area contributed by atoms with Gasteiger partial charge in [0.25, 0.3) is 0 Å². The number of hydrogen-bond acceptors (Lipinski definition) is 3. The molecule has 5 heteroatoms. The number of nitrogens with zero attached hydrogens (tertiary/aromatic N) is 1. The number of halogens is 1. The lowest BCUT2D eigenvalue weighted by atomic mass is 10.1. The zero-order chi connectivity index (χ0) is 15.7. The molecule has 1 amide bonds. The predicted octanol–water partition coefficient (Wildman–Crippen LogP) is 3.73. The summed E-state index contributed by atoms with van der Waals surface area (Å²) in [5.74, 6) is 0.106. The first-order chi connectivity index (χ1) is 10.6. The number of benzene rings is 2. The standard InChI is InChI=1S/C17H14FNO2S/c1-11-8-12(9-20)2-7-15(11)19-16(21)10-22-17(19)13-3-5-14(18)6-4-13/h2-9,17H,10H2,1H3. The molecular weight excluding hydrogens is 301 g/mol. The quantitative estimate of drug-likeness (QED) is 0.810. The van der Waals surface area contributed by atoms with Crippen molar-refractivity contribution in [3.05, 3.63) is 65.0 Å². The Balaban J connectivity index is 2.01. The highest BCUT2D eigenvalue weighted by Crippen LogP contribution is 2.42. The highest BCUT2D eigenvalue weighted by Gasteiger charge is 2.34. The number of anilines is 1. The third kappa shape index (κ3) is 2.64. The molecular formula is C17H14FNO2S. The fourth-order valence-corrected chi connectivity index (χ4v) is 3.75. The number of aryl methyl sites for hydroxylation is 1. The van der Waals surface area contributed by atoms with Gasteiger partial charge in [-0.2, -0.15) is 0 Å². The van der Waals surface area contributed by atoms with Crippen LogP contribution in [-0.4, -0.2) is 17.9 Å². The first-order valence-electron chi connectivity index (χ1n) is 6.85. The molecule has 1 aliphatic heterocycles. The predicted molar refractivity (Wildman–Crippen MR) is 85.7 cm³/mol. The van der Waals surface area contributed by atoms with Crippen molar-refractivity contribution in [2.24, 2.45) is 0 Å². The van der Waals surface area contributed by atoms with Crippen LogP contribution in [0.4, 0.5) is 10.1 Å². The van der Waals surface area contributed by atoms with E-state index in [4.69, 9.17) is 0 Å². The Kier molecular flexibility index (Phi) is 3.98. The molecule has 112 valence electrons. The van der Waals surface area contributed by atoms with Crippen molar-refractivity contribution in [3.8, 4) is 0 Å². The second kappa shape index (κ2) is 5.93. The molecule has 2 aromatic rings. The van der Waals surface area contributed by atoms with Crippen molar-refractivity contribution < 1.29 is 14.0 Å². The summed E-state index contributed by atoms with van der Waals surface area (Å²) in [7, 11) is 0. The number of hydrogen-bond donors (Lipinski definition) is 0. The normalized spacial score (nSPS) is 17.8. The minimum Gasteiger partial charge on any atom is -0.298 e. The van der Waals surface area contributed by atoms with Crippen LogP contribution in [0.3, 0.4) is 0 Å². The first-order valence-corrected chi connectivity index (χ1v) is 7.90. The Morgan fingerprint density at radius 2 is 1.95 bits per heavy atom. The number of amides is 1. The van der Waals surface area contributed by atoms with Crippen molar-refractivity contribution >= 4 is 29.6 Å². The molecule has 0 radical (unpaired) electrons. The monoisotopic (exact) mass is 315 g/mol. The molecule has 3 nitrogen and oxygen atoms in total. The lowest BCUT2D eigenvalue weighted by Gasteiger charge is -2.26. The first kappa shape index (κ1) is 14.8. The number of carbonyl (C=O) groups is 2. The van der Waals surface area contributed by atoms with Crippen LogP contribution >= 0.6 is 11.8 Å². The molecule has 3 rings (SSSR count). The van der Waals surface area contributed by atoms with Gasteiger partial charge in [-0.1, -0.05) is 12.1 Å². The highest BCUT2D eigenvalue weighted by atomic mass is 32.2. The summed E-state index contributed by atoms with van der Waals surface area (Å²) < 4.78 is 13.1. The number of rotatable bonds is 3. The van der Waals surface area contributed by atoms with Gasteiger partial charge in [0.05, 0.1) is 5.75 Å². The largest absolute Gasteiger partial charge is 0.298 e. The van der Waals surface area contributed by atoms with Gasteiger partial charge in [-0.15, -0.1) is 11.8 Å². The van der Waals surface area contributed by atoms with E-state index in [1.165, 1.54) is 23.9 Å². The SMILES string of the molecule is Cc1cc(C=O)ccc1N1C(=O)CSC1c1ccc(F)cc1. The van der Waals surface area contributed by atoms with Crippen LogP contribution in [-0.2, 0) is 4.79 Å². The van der Waals surface area contributed by atoms with Crippen molar-refractivity contribution in [1.82, 2.24) is 0 Å². The van der Waals surface area contributed by atoms with E-state index >= 15 is 0 Å². The summed E-state index contributed by atoms with van der Waals surface area (Å²) in [6.07, 6.45) is 0.786. The molecule has 2 aromatic carbocycles. The average Bonchev–Trinajstić information content (AvgIpc) is 2.89. The van der Waals surface area contributed by atoms with E-state index in [1.807, 2.05) is 6.92 Å². The smallest absolute Gasteiger partial charge is 0.238 e. The van der Waals surface area contributed by atoms with E-state index in [0.29, 0.717) is 11.3 Å². The molecule has 1 saturated heterocycles. The van der Waals surface area contributed by atoms with Crippen LogP contribution in [0.5, 0.6) is 0 Å². The lowest BCUT2D eigenvalue weighted by Crippen LogP contribution is -2.28. The number of thioether (sulfide) groups is 1. The fraction of sp³-hybridized carbons (Fsp3) is 0.176. The van der Waals surface area contributed by atoms with Gasteiger partial charge < -0.3 is 0 Å². The topological polar surface area (TPSA) is 37.4 Å². The summed E-state index contributed by atoms with van der Waals surface area (Å²) in [6.45, 7) is 1.88. The van der Waals surface area contributed by atoms with Crippen LogP contribution in [0.15, 0.2) is 42.5 Å². The number of aldehydes is 1. The molecule has 0 aliphatic carbocycles. The molecule has 0 spiro atoms. The molecule has 0 bridgehead atoms. The molecule has 0 saturated carbocycles. The van der Waals surface area contributed by atoms with E-state index in [0.717, 1.165) is 23.1 Å². The Labute approximate surface area is 132 Å². The Morgan fingerprint density at radius 3 is 2.59 bits per heavy atom. The zero-order valence-corrected chi connectivity index (χ0v) is 12.8. The summed E-state index contributed by atoms with van der Waals surface area (Å²) in [5, 5.41) is -0.172. The highest BCUT2D eigenvalue weighted by molar-refractivity contribution is 8.00. The Bertz CT molecular complexity index is 730. The second-order valence-corrected chi connectivity index (χ2v) is 6.21. The van der Waals surface area contributed by atoms with E-state index in [1.54, 1.807) is 35.2 Å². The maximum Gasteiger partial charge on any atom is 0.238 e. The van der Waals surface area contributed by atoms with Crippen LogP contribution in [0.2, 0.25) is 0 Å². The molecule has 1 aliphatic rings. The van der Waals surface area contributed by atoms with Gasteiger partial charge in [0, 0.05) is 11.3 Å². The Hall–Kier alpha value is -2.14. The van der Waals surface area contributed by atoms with Gasteiger partial charge in [0.2, 0.25) is 5.91 Å². The second-order valence-electron chi connectivity index (χ2n) is 5.14. The molecule has 1 fully saturated rings. The maximum absolute atomic E-state index is 13.1. The van der Waals surface area contributed by atoms with Crippen LogP contribution in [0, 0.1) is 12.7 Å². The maximum atomic E-state index is 13.1. The molecule has 22 heavy (non-hydrogen) atoms. The molecule has 1 atom stereocenters. The van der Waals surface area contributed by atoms with Gasteiger partial charge in [-0.25, -0.2) is 4.39 Å². The minimum atomic E-state index is -0.295. The zero-order valence-electron chi connectivity index (χ0n) is 12.0. The van der Waals surface area contributed by atoms with Crippen LogP contribution < -0.4 is 4.90 Å². The lowest BCUT2D eigenvalue weighted by molar-refractivity contribution is -0.115. The van der Waals surface area contributed by atoms with Crippen molar-refractivity contribution in [2.45, 2.75) is 12.3 Å². The van der Waals surface area contributed by atoms with Gasteiger partial charge >= 0.3 is 0 Å². The molecule has 0 N–H and O–H groups in total. The molecule has 1 heterocycles.